The van der Waals surface area contributed by atoms with E-state index in [1.165, 1.54) is 5.56 Å². The topological polar surface area (TPSA) is 35.2 Å². The van der Waals surface area contributed by atoms with Crippen LogP contribution < -0.4 is 10.5 Å². The maximum absolute atomic E-state index is 6.42. The molecule has 0 spiro atoms. The van der Waals surface area contributed by atoms with E-state index in [0.29, 0.717) is 10.9 Å². The van der Waals surface area contributed by atoms with Crippen LogP contribution in [0.25, 0.3) is 0 Å². The molecule has 2 aromatic carbocycles. The van der Waals surface area contributed by atoms with Crippen molar-refractivity contribution in [1.82, 2.24) is 0 Å². The summed E-state index contributed by atoms with van der Waals surface area (Å²) in [4.78, 5) is 0. The highest BCUT2D eigenvalue weighted by Gasteiger charge is 2.24. The van der Waals surface area contributed by atoms with Gasteiger partial charge in [0.2, 0.25) is 0 Å². The lowest BCUT2D eigenvalue weighted by Gasteiger charge is -2.28. The van der Waals surface area contributed by atoms with Crippen molar-refractivity contribution in [2.45, 2.75) is 24.8 Å². The van der Waals surface area contributed by atoms with Crippen LogP contribution in [-0.4, -0.2) is 6.61 Å². The fraction of sp³-hybridized carbons (Fsp3) is 0.294. The van der Waals surface area contributed by atoms with E-state index < -0.39 is 0 Å². The third-order valence-corrected chi connectivity index (χ3v) is 4.90. The van der Waals surface area contributed by atoms with Crippen molar-refractivity contribution < 1.29 is 4.74 Å². The lowest BCUT2D eigenvalue weighted by atomic mass is 9.86. The fourth-order valence-electron chi connectivity index (χ4n) is 2.90. The van der Waals surface area contributed by atoms with Gasteiger partial charge in [-0.3, -0.25) is 0 Å². The second-order valence-electron chi connectivity index (χ2n) is 5.38. The summed E-state index contributed by atoms with van der Waals surface area (Å²) in [5.74, 6) is 1.43. The third-order valence-electron chi connectivity index (χ3n) is 3.98. The SMILES string of the molecule is NC(CC1CCOc2ccccc21)c1ccc(Cl)cc1Br. The van der Waals surface area contributed by atoms with Crippen LogP contribution in [-0.2, 0) is 0 Å². The molecule has 2 atom stereocenters. The van der Waals surface area contributed by atoms with E-state index in [4.69, 9.17) is 22.1 Å². The summed E-state index contributed by atoms with van der Waals surface area (Å²) >= 11 is 9.55. The average molecular weight is 367 g/mol. The van der Waals surface area contributed by atoms with Crippen molar-refractivity contribution in [3.8, 4) is 5.75 Å². The summed E-state index contributed by atoms with van der Waals surface area (Å²) in [7, 11) is 0. The number of rotatable bonds is 3. The van der Waals surface area contributed by atoms with Gasteiger partial charge in [0, 0.05) is 15.5 Å². The summed E-state index contributed by atoms with van der Waals surface area (Å²) in [6, 6.07) is 14.0. The van der Waals surface area contributed by atoms with Crippen LogP contribution >= 0.6 is 27.5 Å². The van der Waals surface area contributed by atoms with Crippen LogP contribution in [0, 0.1) is 0 Å². The van der Waals surface area contributed by atoms with E-state index in [1.54, 1.807) is 0 Å². The Bertz CT molecular complexity index is 646. The molecule has 0 saturated heterocycles. The predicted molar refractivity (Wildman–Crippen MR) is 90.0 cm³/mol. The van der Waals surface area contributed by atoms with Gasteiger partial charge < -0.3 is 10.5 Å². The number of nitrogens with two attached hydrogens (primary N) is 1. The molecule has 2 nitrogen and oxygen atoms in total. The number of fused-ring (bicyclic) bond motifs is 1. The van der Waals surface area contributed by atoms with Crippen LogP contribution in [0.4, 0.5) is 0 Å². The Hall–Kier alpha value is -1.03. The number of hydrogen-bond donors (Lipinski definition) is 1. The number of para-hydroxylation sites is 1. The zero-order valence-electron chi connectivity index (χ0n) is 11.6. The molecule has 0 aliphatic carbocycles. The van der Waals surface area contributed by atoms with Gasteiger partial charge in [-0.25, -0.2) is 0 Å². The van der Waals surface area contributed by atoms with Gasteiger partial charge in [0.25, 0.3) is 0 Å². The minimum atomic E-state index is -0.0206. The first-order valence-corrected chi connectivity index (χ1v) is 8.24. The molecule has 1 heterocycles. The monoisotopic (exact) mass is 365 g/mol. The van der Waals surface area contributed by atoms with Crippen molar-refractivity contribution >= 4 is 27.5 Å². The summed E-state index contributed by atoms with van der Waals surface area (Å²) in [5, 5.41) is 0.717. The molecule has 110 valence electrons. The first-order chi connectivity index (χ1) is 10.1. The van der Waals surface area contributed by atoms with Gasteiger partial charge >= 0.3 is 0 Å². The maximum Gasteiger partial charge on any atom is 0.122 e. The Morgan fingerprint density at radius 2 is 2.10 bits per heavy atom. The molecule has 21 heavy (non-hydrogen) atoms. The fourth-order valence-corrected chi connectivity index (χ4v) is 3.87. The highest BCUT2D eigenvalue weighted by Crippen LogP contribution is 2.39. The van der Waals surface area contributed by atoms with Gasteiger partial charge in [0.1, 0.15) is 5.75 Å². The summed E-state index contributed by atoms with van der Waals surface area (Å²) in [6.45, 7) is 0.760. The van der Waals surface area contributed by atoms with Gasteiger partial charge in [0.05, 0.1) is 6.61 Å². The van der Waals surface area contributed by atoms with E-state index >= 15 is 0 Å². The standard InChI is InChI=1S/C17H17BrClNO/c18-15-10-12(19)5-6-14(15)16(20)9-11-7-8-21-17-4-2-1-3-13(11)17/h1-6,10-11,16H,7-9,20H2. The first-order valence-electron chi connectivity index (χ1n) is 7.07. The van der Waals surface area contributed by atoms with Crippen molar-refractivity contribution in [1.29, 1.82) is 0 Å². The van der Waals surface area contributed by atoms with Gasteiger partial charge in [-0.05, 0) is 48.1 Å². The van der Waals surface area contributed by atoms with Crippen molar-refractivity contribution in [3.05, 3.63) is 63.1 Å². The van der Waals surface area contributed by atoms with E-state index in [9.17, 15) is 0 Å². The van der Waals surface area contributed by atoms with E-state index in [-0.39, 0.29) is 6.04 Å². The van der Waals surface area contributed by atoms with E-state index in [1.807, 2.05) is 30.3 Å². The minimum Gasteiger partial charge on any atom is -0.493 e. The molecule has 1 aliphatic heterocycles. The summed E-state index contributed by atoms with van der Waals surface area (Å²) < 4.78 is 6.69. The smallest absolute Gasteiger partial charge is 0.122 e. The molecule has 0 saturated carbocycles. The number of benzene rings is 2. The first kappa shape index (κ1) is 14.9. The Labute approximate surface area is 138 Å². The van der Waals surface area contributed by atoms with Crippen LogP contribution in [0.2, 0.25) is 5.02 Å². The Kier molecular flexibility index (Phi) is 4.53. The van der Waals surface area contributed by atoms with Crippen molar-refractivity contribution in [3.63, 3.8) is 0 Å². The second-order valence-corrected chi connectivity index (χ2v) is 6.67. The van der Waals surface area contributed by atoms with Gasteiger partial charge in [0.15, 0.2) is 0 Å². The third kappa shape index (κ3) is 3.25. The van der Waals surface area contributed by atoms with Gasteiger partial charge in [-0.2, -0.15) is 0 Å². The maximum atomic E-state index is 6.42. The zero-order valence-corrected chi connectivity index (χ0v) is 13.9. The number of ether oxygens (including phenoxy) is 1. The lowest BCUT2D eigenvalue weighted by Crippen LogP contribution is -2.20. The van der Waals surface area contributed by atoms with Crippen LogP contribution in [0.5, 0.6) is 5.75 Å². The van der Waals surface area contributed by atoms with Gasteiger partial charge in [-0.1, -0.05) is 51.8 Å². The molecule has 0 bridgehead atoms. The van der Waals surface area contributed by atoms with Gasteiger partial charge in [-0.15, -0.1) is 0 Å². The molecular formula is C17H17BrClNO. The molecule has 2 N–H and O–H groups in total. The highest BCUT2D eigenvalue weighted by atomic mass is 79.9. The quantitative estimate of drug-likeness (QED) is 0.824. The van der Waals surface area contributed by atoms with E-state index in [0.717, 1.165) is 35.2 Å². The van der Waals surface area contributed by atoms with Crippen LogP contribution in [0.15, 0.2) is 46.9 Å². The number of hydrogen-bond acceptors (Lipinski definition) is 2. The molecule has 0 radical (unpaired) electrons. The largest absolute Gasteiger partial charge is 0.493 e. The van der Waals surface area contributed by atoms with Crippen LogP contribution in [0.3, 0.4) is 0 Å². The zero-order chi connectivity index (χ0) is 14.8. The van der Waals surface area contributed by atoms with E-state index in [2.05, 4.69) is 28.1 Å². The number of halogens is 2. The molecule has 3 rings (SSSR count). The predicted octanol–water partition coefficient (Wildman–Crippen LogP) is 5.06. The normalized spacial score (nSPS) is 18.7. The van der Waals surface area contributed by atoms with Crippen LogP contribution in [0.1, 0.15) is 35.9 Å². The lowest BCUT2D eigenvalue weighted by molar-refractivity contribution is 0.259. The van der Waals surface area contributed by atoms with Crippen molar-refractivity contribution in [2.75, 3.05) is 6.61 Å². The summed E-state index contributed by atoms with van der Waals surface area (Å²) in [5.41, 5.74) is 8.79. The molecule has 1 aliphatic rings. The Morgan fingerprint density at radius 1 is 1.29 bits per heavy atom. The molecule has 2 aromatic rings. The minimum absolute atomic E-state index is 0.0206. The molecule has 0 fully saturated rings. The molecular weight excluding hydrogens is 350 g/mol. The molecule has 0 aromatic heterocycles. The van der Waals surface area contributed by atoms with Crippen molar-refractivity contribution in [2.24, 2.45) is 5.73 Å². The Morgan fingerprint density at radius 3 is 2.90 bits per heavy atom. The highest BCUT2D eigenvalue weighted by molar-refractivity contribution is 9.10. The molecule has 2 unspecified atom stereocenters. The molecule has 0 amide bonds. The Balaban J connectivity index is 1.81. The second kappa shape index (κ2) is 6.39. The average Bonchev–Trinajstić information content (AvgIpc) is 2.47. The molecule has 4 heteroatoms. The summed E-state index contributed by atoms with van der Waals surface area (Å²) in [6.07, 6.45) is 1.91.